The Morgan fingerprint density at radius 2 is 1.76 bits per heavy atom. The second kappa shape index (κ2) is 8.40. The molecule has 0 aliphatic carbocycles. The molecule has 0 saturated carbocycles. The van der Waals surface area contributed by atoms with Gasteiger partial charge < -0.3 is 19.2 Å². The van der Waals surface area contributed by atoms with Crippen LogP contribution in [0.2, 0.25) is 0 Å². The zero-order valence-corrected chi connectivity index (χ0v) is 20.4. The van der Waals surface area contributed by atoms with E-state index in [-0.39, 0.29) is 23.6 Å². The third kappa shape index (κ3) is 5.00. The van der Waals surface area contributed by atoms with E-state index in [0.717, 1.165) is 10.8 Å². The Morgan fingerprint density at radius 3 is 2.30 bits per heavy atom. The highest BCUT2D eigenvalue weighted by molar-refractivity contribution is 6.62. The van der Waals surface area contributed by atoms with Gasteiger partial charge in [0.05, 0.1) is 29.5 Å². The zero-order chi connectivity index (χ0) is 24.8. The van der Waals surface area contributed by atoms with Crippen LogP contribution < -0.4 is 10.4 Å². The first-order chi connectivity index (χ1) is 15.1. The van der Waals surface area contributed by atoms with Gasteiger partial charge in [0, 0.05) is 11.0 Å². The molecule has 1 heterocycles. The number of ether oxygens (including phenoxy) is 1. The standard InChI is InChI=1S/C25H31BN2O5/c1-16(14-27)15-28(22(30)31-23(2,3)4)21-19-13-18(11-9-17(19)10-12-20(21)29)26-32-24(5,6)25(7,8)33-26/h9-13,29H,1,15H2,2-8H3. The summed E-state index contributed by atoms with van der Waals surface area (Å²) in [6, 6.07) is 10.8. The van der Waals surface area contributed by atoms with Crippen molar-refractivity contribution in [3.63, 3.8) is 0 Å². The van der Waals surface area contributed by atoms with Crippen LogP contribution >= 0.6 is 0 Å². The molecule has 0 aromatic heterocycles. The number of hydrogen-bond acceptors (Lipinski definition) is 6. The van der Waals surface area contributed by atoms with Crippen molar-refractivity contribution in [2.75, 3.05) is 11.4 Å². The Labute approximate surface area is 195 Å². The van der Waals surface area contributed by atoms with Gasteiger partial charge in [-0.2, -0.15) is 5.26 Å². The number of phenolic OH excluding ortho intramolecular Hbond substituents is 1. The average molecular weight is 450 g/mol. The molecule has 8 heteroatoms. The monoisotopic (exact) mass is 450 g/mol. The number of carbonyl (C=O) groups is 1. The third-order valence-electron chi connectivity index (χ3n) is 5.91. The molecule has 7 nitrogen and oxygen atoms in total. The predicted octanol–water partition coefficient (Wildman–Crippen LogP) is 4.67. The number of carbonyl (C=O) groups excluding carboxylic acids is 1. The fraction of sp³-hybridized carbons (Fsp3) is 0.440. The molecule has 174 valence electrons. The van der Waals surface area contributed by atoms with Crippen LogP contribution in [0.1, 0.15) is 48.5 Å². The first-order valence-electron chi connectivity index (χ1n) is 10.8. The molecule has 33 heavy (non-hydrogen) atoms. The Hall–Kier alpha value is -3.02. The van der Waals surface area contributed by atoms with Crippen LogP contribution in [0.25, 0.3) is 10.8 Å². The van der Waals surface area contributed by atoms with Crippen molar-refractivity contribution in [2.24, 2.45) is 0 Å². The lowest BCUT2D eigenvalue weighted by Crippen LogP contribution is -2.41. The summed E-state index contributed by atoms with van der Waals surface area (Å²) in [6.45, 7) is 16.7. The summed E-state index contributed by atoms with van der Waals surface area (Å²) in [7, 11) is -0.612. The normalized spacial score (nSPS) is 17.0. The van der Waals surface area contributed by atoms with Crippen LogP contribution in [0.5, 0.6) is 5.75 Å². The molecule has 0 spiro atoms. The van der Waals surface area contributed by atoms with Crippen LogP contribution in [0.3, 0.4) is 0 Å². The minimum Gasteiger partial charge on any atom is -0.506 e. The second-order valence-electron chi connectivity index (χ2n) is 10.3. The van der Waals surface area contributed by atoms with E-state index in [1.54, 1.807) is 26.8 Å². The summed E-state index contributed by atoms with van der Waals surface area (Å²) >= 11 is 0. The van der Waals surface area contributed by atoms with Gasteiger partial charge in [-0.15, -0.1) is 0 Å². The van der Waals surface area contributed by atoms with Gasteiger partial charge >= 0.3 is 13.2 Å². The van der Waals surface area contributed by atoms with Crippen LogP contribution in [-0.4, -0.2) is 41.7 Å². The number of fused-ring (bicyclic) bond motifs is 1. The Balaban J connectivity index is 2.14. The number of amides is 1. The molecule has 0 atom stereocenters. The molecule has 0 bridgehead atoms. The molecule has 1 fully saturated rings. The lowest BCUT2D eigenvalue weighted by molar-refractivity contribution is 0.00578. The molecule has 1 aliphatic rings. The van der Waals surface area contributed by atoms with E-state index in [2.05, 4.69) is 6.58 Å². The molecule has 2 aromatic carbocycles. The van der Waals surface area contributed by atoms with Crippen LogP contribution in [0, 0.1) is 11.3 Å². The highest BCUT2D eigenvalue weighted by atomic mass is 16.7. The van der Waals surface area contributed by atoms with E-state index in [4.69, 9.17) is 14.0 Å². The van der Waals surface area contributed by atoms with Gasteiger partial charge in [0.2, 0.25) is 0 Å². The lowest BCUT2D eigenvalue weighted by atomic mass is 9.78. The molecule has 1 amide bonds. The number of benzene rings is 2. The van der Waals surface area contributed by atoms with Gasteiger partial charge in [-0.05, 0) is 65.4 Å². The molecule has 1 aliphatic heterocycles. The Bertz CT molecular complexity index is 1130. The van der Waals surface area contributed by atoms with Crippen molar-refractivity contribution >= 4 is 35.1 Å². The van der Waals surface area contributed by atoms with E-state index in [9.17, 15) is 15.2 Å². The summed E-state index contributed by atoms with van der Waals surface area (Å²) in [5.74, 6) is -0.120. The van der Waals surface area contributed by atoms with Gasteiger partial charge in [-0.3, -0.25) is 4.90 Å². The van der Waals surface area contributed by atoms with Gasteiger partial charge in [-0.25, -0.2) is 4.79 Å². The summed E-state index contributed by atoms with van der Waals surface area (Å²) < 4.78 is 17.9. The maximum atomic E-state index is 13.1. The fourth-order valence-corrected chi connectivity index (χ4v) is 3.50. The summed E-state index contributed by atoms with van der Waals surface area (Å²) in [5.41, 5.74) is -0.660. The van der Waals surface area contributed by atoms with Gasteiger partial charge in [-0.1, -0.05) is 30.8 Å². The van der Waals surface area contributed by atoms with Crippen molar-refractivity contribution < 1.29 is 23.9 Å². The average Bonchev–Trinajstić information content (AvgIpc) is 2.91. The first-order valence-corrected chi connectivity index (χ1v) is 10.8. The molecular weight excluding hydrogens is 419 g/mol. The maximum absolute atomic E-state index is 13.1. The van der Waals surface area contributed by atoms with E-state index < -0.39 is 30.0 Å². The molecule has 2 aromatic rings. The first kappa shape index (κ1) is 24.6. The summed E-state index contributed by atoms with van der Waals surface area (Å²) in [4.78, 5) is 14.3. The minimum atomic E-state index is -0.767. The number of hydrogen-bond donors (Lipinski definition) is 1. The zero-order valence-electron chi connectivity index (χ0n) is 20.4. The van der Waals surface area contributed by atoms with Crippen LogP contribution in [0.15, 0.2) is 42.5 Å². The quantitative estimate of drug-likeness (QED) is 0.538. The molecule has 0 radical (unpaired) electrons. The van der Waals surface area contributed by atoms with E-state index >= 15 is 0 Å². The summed E-state index contributed by atoms with van der Waals surface area (Å²) in [5, 5.41) is 21.5. The second-order valence-corrected chi connectivity index (χ2v) is 10.3. The van der Waals surface area contributed by atoms with Crippen LogP contribution in [-0.2, 0) is 14.0 Å². The van der Waals surface area contributed by atoms with Gasteiger partial charge in [0.25, 0.3) is 0 Å². The number of nitriles is 1. The van der Waals surface area contributed by atoms with E-state index in [0.29, 0.717) is 5.39 Å². The van der Waals surface area contributed by atoms with Crippen molar-refractivity contribution in [2.45, 2.75) is 65.3 Å². The molecule has 1 N–H and O–H groups in total. The predicted molar refractivity (Wildman–Crippen MR) is 130 cm³/mol. The van der Waals surface area contributed by atoms with Crippen molar-refractivity contribution in [1.82, 2.24) is 0 Å². The Morgan fingerprint density at radius 1 is 1.18 bits per heavy atom. The minimum absolute atomic E-state index is 0.120. The van der Waals surface area contributed by atoms with Crippen molar-refractivity contribution in [3.8, 4) is 11.8 Å². The molecule has 3 rings (SSSR count). The molecule has 0 unspecified atom stereocenters. The van der Waals surface area contributed by atoms with Crippen LogP contribution in [0.4, 0.5) is 10.5 Å². The number of anilines is 1. The molecule has 1 saturated heterocycles. The topological polar surface area (TPSA) is 92.0 Å². The highest BCUT2D eigenvalue weighted by Crippen LogP contribution is 2.39. The fourth-order valence-electron chi connectivity index (χ4n) is 3.50. The lowest BCUT2D eigenvalue weighted by Gasteiger charge is -2.32. The van der Waals surface area contributed by atoms with Crippen molar-refractivity contribution in [3.05, 3.63) is 42.5 Å². The number of aromatic hydroxyl groups is 1. The maximum Gasteiger partial charge on any atom is 0.494 e. The highest BCUT2D eigenvalue weighted by Gasteiger charge is 2.51. The number of nitrogens with zero attached hydrogens (tertiary/aromatic N) is 2. The SMILES string of the molecule is C=C(C#N)CN(C(=O)OC(C)(C)C)c1c(O)ccc2ccc(B3OC(C)(C)C(C)(C)O3)cc12. The van der Waals surface area contributed by atoms with Gasteiger partial charge in [0.1, 0.15) is 11.4 Å². The number of phenols is 1. The van der Waals surface area contributed by atoms with Crippen molar-refractivity contribution in [1.29, 1.82) is 5.26 Å². The smallest absolute Gasteiger partial charge is 0.494 e. The molecular formula is C25H31BN2O5. The Kier molecular flexibility index (Phi) is 6.27. The van der Waals surface area contributed by atoms with E-state index in [1.165, 1.54) is 11.0 Å². The summed E-state index contributed by atoms with van der Waals surface area (Å²) in [6.07, 6.45) is -0.692. The largest absolute Gasteiger partial charge is 0.506 e. The third-order valence-corrected chi connectivity index (χ3v) is 5.91. The van der Waals surface area contributed by atoms with Gasteiger partial charge in [0.15, 0.2) is 0 Å². The number of rotatable bonds is 4. The van der Waals surface area contributed by atoms with E-state index in [1.807, 2.05) is 52.0 Å².